The molecule has 0 aliphatic heterocycles. The van der Waals surface area contributed by atoms with Crippen LogP contribution in [0.25, 0.3) is 0 Å². The molecule has 0 aromatic heterocycles. The largest absolute Gasteiger partial charge is 0.340 e. The van der Waals surface area contributed by atoms with E-state index in [9.17, 15) is 9.13 Å². The van der Waals surface area contributed by atoms with Crippen LogP contribution in [0.4, 0.5) is 0 Å². The maximum atomic E-state index is 10.2. The van der Waals surface area contributed by atoms with Crippen molar-refractivity contribution in [2.45, 2.75) is 38.0 Å². The van der Waals surface area contributed by atoms with Gasteiger partial charge in [0.1, 0.15) is 0 Å². The minimum Gasteiger partial charge on any atom is -0.324 e. The smallest absolute Gasteiger partial charge is 0.324 e. The molecule has 0 heterocycles. The Labute approximate surface area is 82.7 Å². The molecule has 1 fully saturated rings. The van der Waals surface area contributed by atoms with Crippen molar-refractivity contribution in [2.24, 2.45) is 0 Å². The van der Waals surface area contributed by atoms with Crippen molar-refractivity contribution in [3.05, 3.63) is 0 Å². The van der Waals surface area contributed by atoms with E-state index in [-0.39, 0.29) is 0 Å². The Morgan fingerprint density at radius 1 is 0.857 bits per heavy atom. The minimum absolute atomic E-state index is 0.807. The van der Waals surface area contributed by atoms with Crippen molar-refractivity contribution in [3.63, 3.8) is 0 Å². The van der Waals surface area contributed by atoms with Crippen LogP contribution in [0, 0.1) is 0 Å². The lowest BCUT2D eigenvalue weighted by Crippen LogP contribution is -2.02. The van der Waals surface area contributed by atoms with E-state index >= 15 is 0 Å². The highest BCUT2D eigenvalue weighted by Gasteiger charge is 2.38. The highest BCUT2D eigenvalue weighted by Crippen LogP contribution is 2.59. The predicted molar refractivity (Wildman–Crippen MR) is 52.0 cm³/mol. The fourth-order valence-electron chi connectivity index (χ4n) is 0.446. The van der Waals surface area contributed by atoms with Gasteiger partial charge in [0.25, 0.3) is 0 Å². The third-order valence-electron chi connectivity index (χ3n) is 1.97. The zero-order chi connectivity index (χ0) is 11.4. The van der Waals surface area contributed by atoms with E-state index in [4.69, 9.17) is 19.6 Å². The van der Waals surface area contributed by atoms with E-state index < -0.39 is 20.6 Å². The average molecular weight is 246 g/mol. The van der Waals surface area contributed by atoms with Gasteiger partial charge in [0, 0.05) is 0 Å². The monoisotopic (exact) mass is 246 g/mol. The van der Waals surface area contributed by atoms with Gasteiger partial charge < -0.3 is 19.6 Å². The van der Waals surface area contributed by atoms with Crippen molar-refractivity contribution < 1.29 is 28.7 Å². The van der Waals surface area contributed by atoms with Crippen LogP contribution >= 0.6 is 15.2 Å². The second-order valence-corrected chi connectivity index (χ2v) is 7.54. The Kier molecular flexibility index (Phi) is 5.52. The van der Waals surface area contributed by atoms with Crippen molar-refractivity contribution in [2.75, 3.05) is 0 Å². The van der Waals surface area contributed by atoms with Crippen molar-refractivity contribution >= 4 is 15.2 Å². The summed E-state index contributed by atoms with van der Waals surface area (Å²) in [5.41, 5.74) is 0. The Morgan fingerprint density at radius 2 is 1.07 bits per heavy atom. The van der Waals surface area contributed by atoms with E-state index in [1.165, 1.54) is 25.7 Å². The summed E-state index contributed by atoms with van der Waals surface area (Å²) in [5, 5.41) is -1.90. The Hall–Kier alpha value is 0.300. The summed E-state index contributed by atoms with van der Waals surface area (Å²) in [4.78, 5) is 33.0. The quantitative estimate of drug-likeness (QED) is 0.545. The molecule has 0 saturated heterocycles. The standard InChI is InChI=1S/C4H8.C2H8O6P2/c1-2-4-3-1;1-2(9(3,4)5)10(6,7)8/h1-4H2;2H,1H3,(H2,3,4,5)(H2,6,7,8). The predicted octanol–water partition coefficient (Wildman–Crippen LogP) is 1.25. The van der Waals surface area contributed by atoms with Crippen LogP contribution in [0.3, 0.4) is 0 Å². The van der Waals surface area contributed by atoms with Crippen LogP contribution in [0.15, 0.2) is 0 Å². The van der Waals surface area contributed by atoms with Gasteiger partial charge in [-0.2, -0.15) is 0 Å². The lowest BCUT2D eigenvalue weighted by Gasteiger charge is -2.13. The van der Waals surface area contributed by atoms with Gasteiger partial charge in [0.05, 0.1) is 0 Å². The van der Waals surface area contributed by atoms with Crippen LogP contribution < -0.4 is 0 Å². The summed E-state index contributed by atoms with van der Waals surface area (Å²) >= 11 is 0. The summed E-state index contributed by atoms with van der Waals surface area (Å²) in [6, 6.07) is 0. The van der Waals surface area contributed by atoms with Crippen molar-refractivity contribution in [3.8, 4) is 0 Å². The summed E-state index contributed by atoms with van der Waals surface area (Å²) in [6.45, 7) is 0.807. The SMILES string of the molecule is C1CCC1.CC(P(=O)(O)O)P(=O)(O)O. The van der Waals surface area contributed by atoms with Crippen LogP contribution in [-0.2, 0) is 9.13 Å². The Bertz CT molecular complexity index is 223. The molecule has 1 rings (SSSR count). The van der Waals surface area contributed by atoms with Crippen LogP contribution in [0.1, 0.15) is 32.6 Å². The van der Waals surface area contributed by atoms with Crippen molar-refractivity contribution in [1.82, 2.24) is 0 Å². The molecule has 0 spiro atoms. The minimum atomic E-state index is -4.64. The first-order valence-corrected chi connectivity index (χ1v) is 7.62. The molecule has 8 heteroatoms. The molecule has 0 amide bonds. The van der Waals surface area contributed by atoms with Crippen LogP contribution in [0.2, 0.25) is 0 Å². The fraction of sp³-hybridized carbons (Fsp3) is 1.00. The summed E-state index contributed by atoms with van der Waals surface area (Å²) < 4.78 is 20.4. The third kappa shape index (κ3) is 5.91. The van der Waals surface area contributed by atoms with Gasteiger partial charge in [0.2, 0.25) is 0 Å². The van der Waals surface area contributed by atoms with Crippen LogP contribution in [-0.4, -0.2) is 25.0 Å². The topological polar surface area (TPSA) is 115 Å². The molecular formula is C6H16O6P2. The normalized spacial score (nSPS) is 17.0. The molecule has 0 radical (unpaired) electrons. The van der Waals surface area contributed by atoms with Gasteiger partial charge in [-0.1, -0.05) is 25.7 Å². The zero-order valence-electron chi connectivity index (χ0n) is 7.91. The van der Waals surface area contributed by atoms with Gasteiger partial charge in [-0.3, -0.25) is 9.13 Å². The maximum Gasteiger partial charge on any atom is 0.340 e. The van der Waals surface area contributed by atoms with E-state index in [1.54, 1.807) is 0 Å². The van der Waals surface area contributed by atoms with E-state index in [0.717, 1.165) is 6.92 Å². The molecule has 1 saturated carbocycles. The molecule has 0 atom stereocenters. The number of hydrogen-bond acceptors (Lipinski definition) is 2. The summed E-state index contributed by atoms with van der Waals surface area (Å²) in [7, 11) is -9.28. The molecular weight excluding hydrogens is 230 g/mol. The molecule has 6 nitrogen and oxygen atoms in total. The summed E-state index contributed by atoms with van der Waals surface area (Å²) in [6.07, 6.45) is 6.00. The third-order valence-corrected chi connectivity index (χ3v) is 5.73. The molecule has 86 valence electrons. The maximum absolute atomic E-state index is 10.2. The van der Waals surface area contributed by atoms with Gasteiger partial charge >= 0.3 is 15.2 Å². The van der Waals surface area contributed by atoms with Crippen LogP contribution in [0.5, 0.6) is 0 Å². The lowest BCUT2D eigenvalue weighted by atomic mass is 10.0. The molecule has 4 N–H and O–H groups in total. The van der Waals surface area contributed by atoms with E-state index in [1.807, 2.05) is 0 Å². The number of rotatable bonds is 2. The second-order valence-electron chi connectivity index (χ2n) is 3.22. The molecule has 0 bridgehead atoms. The van der Waals surface area contributed by atoms with E-state index in [2.05, 4.69) is 0 Å². The lowest BCUT2D eigenvalue weighted by molar-refractivity contribution is 0.342. The Balaban J connectivity index is 0.000000344. The zero-order valence-corrected chi connectivity index (χ0v) is 9.69. The summed E-state index contributed by atoms with van der Waals surface area (Å²) in [5.74, 6) is 0. The molecule has 0 unspecified atom stereocenters. The average Bonchev–Trinajstić information content (AvgIpc) is 1.77. The second kappa shape index (κ2) is 5.40. The fourth-order valence-corrected chi connectivity index (χ4v) is 2.01. The highest BCUT2D eigenvalue weighted by atomic mass is 31.2. The highest BCUT2D eigenvalue weighted by molar-refractivity contribution is 7.70. The molecule has 14 heavy (non-hydrogen) atoms. The van der Waals surface area contributed by atoms with Gasteiger partial charge in [-0.05, 0) is 6.92 Å². The van der Waals surface area contributed by atoms with Gasteiger partial charge in [-0.25, -0.2) is 0 Å². The molecule has 1 aliphatic carbocycles. The first-order valence-electron chi connectivity index (χ1n) is 4.26. The molecule has 1 aliphatic rings. The molecule has 0 aromatic rings. The number of hydrogen-bond donors (Lipinski definition) is 4. The van der Waals surface area contributed by atoms with E-state index in [0.29, 0.717) is 0 Å². The first-order chi connectivity index (χ1) is 6.15. The van der Waals surface area contributed by atoms with Crippen molar-refractivity contribution in [1.29, 1.82) is 0 Å². The van der Waals surface area contributed by atoms with Gasteiger partial charge in [-0.15, -0.1) is 0 Å². The first kappa shape index (κ1) is 14.3. The molecule has 0 aromatic carbocycles. The Morgan fingerprint density at radius 3 is 1.07 bits per heavy atom. The van der Waals surface area contributed by atoms with Gasteiger partial charge in [0.15, 0.2) is 5.40 Å².